The van der Waals surface area contributed by atoms with E-state index in [4.69, 9.17) is 27.9 Å². The predicted octanol–water partition coefficient (Wildman–Crippen LogP) is 2.23. The molecule has 0 saturated carbocycles. The number of rotatable bonds is 6. The van der Waals surface area contributed by atoms with Crippen LogP contribution in [0.5, 0.6) is 5.75 Å². The molecule has 2 aromatic heterocycles. The van der Waals surface area contributed by atoms with E-state index in [1.165, 1.54) is 17.7 Å². The summed E-state index contributed by atoms with van der Waals surface area (Å²) < 4.78 is 6.96. The van der Waals surface area contributed by atoms with Gasteiger partial charge in [0.05, 0.1) is 5.02 Å². The number of benzene rings is 1. The Bertz CT molecular complexity index is 806. The van der Waals surface area contributed by atoms with E-state index in [2.05, 4.69) is 20.6 Å². The summed E-state index contributed by atoms with van der Waals surface area (Å²) in [6, 6.07) is 4.83. The van der Waals surface area contributed by atoms with Gasteiger partial charge in [-0.25, -0.2) is 0 Å². The molecular weight excluding hydrogens is 361 g/mol. The fourth-order valence-corrected chi connectivity index (χ4v) is 3.07. The lowest BCUT2D eigenvalue weighted by atomic mass is 10.3. The minimum absolute atomic E-state index is 0.119. The van der Waals surface area contributed by atoms with Crippen molar-refractivity contribution in [1.82, 2.24) is 25.1 Å². The first-order valence-corrected chi connectivity index (χ1v) is 8.19. The van der Waals surface area contributed by atoms with Crippen LogP contribution in [0.25, 0.3) is 4.96 Å². The summed E-state index contributed by atoms with van der Waals surface area (Å²) in [6.07, 6.45) is 2.15. The zero-order valence-corrected chi connectivity index (χ0v) is 14.0. The van der Waals surface area contributed by atoms with Crippen LogP contribution in [0.1, 0.15) is 5.01 Å². The van der Waals surface area contributed by atoms with Crippen molar-refractivity contribution in [3.05, 3.63) is 39.6 Å². The number of nitrogens with one attached hydrogen (secondary N) is 1. The maximum absolute atomic E-state index is 11.8. The molecule has 10 heteroatoms. The van der Waals surface area contributed by atoms with Crippen molar-refractivity contribution in [2.75, 3.05) is 13.2 Å². The Morgan fingerprint density at radius 2 is 2.26 bits per heavy atom. The maximum atomic E-state index is 11.8. The van der Waals surface area contributed by atoms with E-state index in [0.29, 0.717) is 28.8 Å². The number of hydrogen-bond donors (Lipinski definition) is 1. The lowest BCUT2D eigenvalue weighted by Gasteiger charge is -2.08. The smallest absolute Gasteiger partial charge is 0.257 e. The Labute approximate surface area is 145 Å². The van der Waals surface area contributed by atoms with Gasteiger partial charge in [-0.15, -0.1) is 10.2 Å². The van der Waals surface area contributed by atoms with Crippen LogP contribution >= 0.6 is 34.5 Å². The van der Waals surface area contributed by atoms with Crippen molar-refractivity contribution >= 4 is 45.4 Å². The lowest BCUT2D eigenvalue weighted by Crippen LogP contribution is -2.30. The van der Waals surface area contributed by atoms with E-state index in [1.54, 1.807) is 22.7 Å². The van der Waals surface area contributed by atoms with Crippen molar-refractivity contribution in [2.45, 2.75) is 6.42 Å². The van der Waals surface area contributed by atoms with Crippen LogP contribution in [-0.2, 0) is 11.2 Å². The second-order valence-corrected chi connectivity index (χ2v) is 6.40. The lowest BCUT2D eigenvalue weighted by molar-refractivity contribution is -0.123. The van der Waals surface area contributed by atoms with Gasteiger partial charge in [-0.1, -0.05) is 34.5 Å². The zero-order chi connectivity index (χ0) is 16.2. The highest BCUT2D eigenvalue weighted by molar-refractivity contribution is 7.16. The summed E-state index contributed by atoms with van der Waals surface area (Å²) in [5, 5.41) is 16.4. The molecule has 0 radical (unpaired) electrons. The summed E-state index contributed by atoms with van der Waals surface area (Å²) in [4.78, 5) is 12.5. The molecule has 2 heterocycles. The third kappa shape index (κ3) is 4.10. The van der Waals surface area contributed by atoms with Crippen LogP contribution in [0.15, 0.2) is 24.5 Å². The maximum Gasteiger partial charge on any atom is 0.257 e. The van der Waals surface area contributed by atoms with Crippen LogP contribution in [-0.4, -0.2) is 38.9 Å². The molecule has 1 N–H and O–H groups in total. The topological polar surface area (TPSA) is 81.4 Å². The van der Waals surface area contributed by atoms with Gasteiger partial charge in [-0.2, -0.15) is 9.61 Å². The molecule has 0 unspecified atom stereocenters. The van der Waals surface area contributed by atoms with Crippen LogP contribution < -0.4 is 10.1 Å². The normalized spacial score (nSPS) is 10.9. The van der Waals surface area contributed by atoms with E-state index < -0.39 is 0 Å². The van der Waals surface area contributed by atoms with E-state index in [0.717, 1.165) is 9.97 Å². The quantitative estimate of drug-likeness (QED) is 0.718. The van der Waals surface area contributed by atoms with E-state index in [-0.39, 0.29) is 12.5 Å². The number of hydrogen-bond acceptors (Lipinski definition) is 6. The summed E-state index contributed by atoms with van der Waals surface area (Å²) in [6.45, 7) is 0.340. The fourth-order valence-electron chi connectivity index (χ4n) is 1.80. The Balaban J connectivity index is 1.43. The molecule has 0 atom stereocenters. The minimum atomic E-state index is -0.237. The molecule has 3 rings (SSSR count). The van der Waals surface area contributed by atoms with Gasteiger partial charge in [-0.3, -0.25) is 4.79 Å². The standard InChI is InChI=1S/C13H11Cl2N5O2S/c14-8-1-2-10(9(15)5-8)22-6-11(21)16-4-3-12-19-20-7-17-18-13(20)23-12/h1-2,5,7H,3-4,6H2,(H,16,21). The molecule has 0 bridgehead atoms. The van der Waals surface area contributed by atoms with Gasteiger partial charge in [0.15, 0.2) is 6.61 Å². The number of aromatic nitrogens is 4. The molecular formula is C13H11Cl2N5O2S. The molecule has 1 aromatic carbocycles. The van der Waals surface area contributed by atoms with Crippen molar-refractivity contribution < 1.29 is 9.53 Å². The van der Waals surface area contributed by atoms with Crippen LogP contribution in [0.2, 0.25) is 10.0 Å². The number of halogens is 2. The van der Waals surface area contributed by atoms with Crippen molar-refractivity contribution in [1.29, 1.82) is 0 Å². The fraction of sp³-hybridized carbons (Fsp3) is 0.231. The second-order valence-electron chi connectivity index (χ2n) is 4.52. The minimum Gasteiger partial charge on any atom is -0.482 e. The number of carbonyl (C=O) groups excluding carboxylic acids is 1. The van der Waals surface area contributed by atoms with E-state index >= 15 is 0 Å². The SMILES string of the molecule is O=C(COc1ccc(Cl)cc1Cl)NCCc1nn2cnnc2s1. The molecule has 0 aliphatic rings. The number of ether oxygens (including phenoxy) is 1. The molecule has 120 valence electrons. The average Bonchev–Trinajstić information content (AvgIpc) is 3.07. The van der Waals surface area contributed by atoms with Crippen molar-refractivity contribution in [3.63, 3.8) is 0 Å². The second kappa shape index (κ2) is 7.12. The number of fused-ring (bicyclic) bond motifs is 1. The Hall–Kier alpha value is -1.90. The molecule has 1 amide bonds. The number of amides is 1. The molecule has 3 aromatic rings. The third-order valence-corrected chi connectivity index (χ3v) is 4.35. The van der Waals surface area contributed by atoms with E-state index in [1.807, 2.05) is 0 Å². The zero-order valence-electron chi connectivity index (χ0n) is 11.7. The van der Waals surface area contributed by atoms with Gasteiger partial charge < -0.3 is 10.1 Å². The number of carbonyl (C=O) groups is 1. The highest BCUT2D eigenvalue weighted by Crippen LogP contribution is 2.27. The van der Waals surface area contributed by atoms with Crippen LogP contribution in [0.4, 0.5) is 0 Å². The van der Waals surface area contributed by atoms with Gasteiger partial charge >= 0.3 is 0 Å². The third-order valence-electron chi connectivity index (χ3n) is 2.84. The van der Waals surface area contributed by atoms with Gasteiger partial charge in [0.1, 0.15) is 17.1 Å². The summed E-state index contributed by atoms with van der Waals surface area (Å²) in [7, 11) is 0. The monoisotopic (exact) mass is 371 g/mol. The van der Waals surface area contributed by atoms with Crippen molar-refractivity contribution in [3.8, 4) is 5.75 Å². The first-order valence-electron chi connectivity index (χ1n) is 6.62. The summed E-state index contributed by atoms with van der Waals surface area (Å²) in [5.74, 6) is 0.180. The van der Waals surface area contributed by atoms with Crippen molar-refractivity contribution in [2.24, 2.45) is 0 Å². The van der Waals surface area contributed by atoms with Gasteiger partial charge in [0.2, 0.25) is 4.96 Å². The summed E-state index contributed by atoms with van der Waals surface area (Å²) >= 11 is 13.2. The molecule has 23 heavy (non-hydrogen) atoms. The number of nitrogens with zero attached hydrogens (tertiary/aromatic N) is 4. The molecule has 0 aliphatic heterocycles. The van der Waals surface area contributed by atoms with Crippen LogP contribution in [0, 0.1) is 0 Å². The molecule has 0 saturated heterocycles. The highest BCUT2D eigenvalue weighted by Gasteiger charge is 2.08. The van der Waals surface area contributed by atoms with E-state index in [9.17, 15) is 4.79 Å². The first-order chi connectivity index (χ1) is 11.1. The first kappa shape index (κ1) is 16.0. The summed E-state index contributed by atoms with van der Waals surface area (Å²) in [5.41, 5.74) is 0. The van der Waals surface area contributed by atoms with Gasteiger partial charge in [0.25, 0.3) is 5.91 Å². The molecule has 0 fully saturated rings. The Kier molecular flexibility index (Phi) is 4.94. The largest absolute Gasteiger partial charge is 0.482 e. The molecule has 0 spiro atoms. The molecule has 0 aliphatic carbocycles. The van der Waals surface area contributed by atoms with Crippen LogP contribution in [0.3, 0.4) is 0 Å². The Morgan fingerprint density at radius 1 is 1.39 bits per heavy atom. The molecule has 7 nitrogen and oxygen atoms in total. The Morgan fingerprint density at radius 3 is 3.04 bits per heavy atom. The van der Waals surface area contributed by atoms with Gasteiger partial charge in [-0.05, 0) is 18.2 Å². The highest BCUT2D eigenvalue weighted by atomic mass is 35.5. The average molecular weight is 372 g/mol. The predicted molar refractivity (Wildman–Crippen MR) is 87.3 cm³/mol. The van der Waals surface area contributed by atoms with Gasteiger partial charge in [0, 0.05) is 18.0 Å².